The Kier molecular flexibility index (Phi) is 5.78. The van der Waals surface area contributed by atoms with Crippen molar-refractivity contribution >= 4 is 5.97 Å². The predicted octanol–water partition coefficient (Wildman–Crippen LogP) is 3.55. The maximum absolute atomic E-state index is 12.7. The molecule has 0 radical (unpaired) electrons. The molecule has 1 aromatic rings. The van der Waals surface area contributed by atoms with Crippen molar-refractivity contribution in [1.29, 1.82) is 0 Å². The van der Waals surface area contributed by atoms with Gasteiger partial charge >= 0.3 is 12.1 Å². The van der Waals surface area contributed by atoms with Gasteiger partial charge in [0.25, 0.3) is 0 Å². The third-order valence-electron chi connectivity index (χ3n) is 3.27. The van der Waals surface area contributed by atoms with Gasteiger partial charge in [-0.2, -0.15) is 13.2 Å². The lowest BCUT2D eigenvalue weighted by Crippen LogP contribution is -2.43. The second-order valence-corrected chi connectivity index (χ2v) is 5.26. The van der Waals surface area contributed by atoms with Gasteiger partial charge < -0.3 is 4.74 Å². The Morgan fingerprint density at radius 2 is 1.86 bits per heavy atom. The Morgan fingerprint density at radius 1 is 1.24 bits per heavy atom. The van der Waals surface area contributed by atoms with E-state index in [1.54, 1.807) is 13.0 Å². The summed E-state index contributed by atoms with van der Waals surface area (Å²) in [5, 5.41) is 3.02. The Balaban J connectivity index is 2.93. The van der Waals surface area contributed by atoms with E-state index < -0.39 is 29.8 Å². The van der Waals surface area contributed by atoms with Gasteiger partial charge in [-0.1, -0.05) is 26.0 Å². The SMILES string of the molecule is COC(=O)[C@@H](NC(C)c1cccc(C(F)(F)F)c1)C(C)C. The van der Waals surface area contributed by atoms with Crippen molar-refractivity contribution in [3.8, 4) is 0 Å². The Hall–Kier alpha value is -1.56. The van der Waals surface area contributed by atoms with Gasteiger partial charge in [0.15, 0.2) is 0 Å². The molecule has 0 aliphatic carbocycles. The van der Waals surface area contributed by atoms with E-state index in [1.807, 2.05) is 13.8 Å². The molecule has 0 amide bonds. The van der Waals surface area contributed by atoms with Gasteiger partial charge in [-0.25, -0.2) is 0 Å². The molecule has 2 atom stereocenters. The average Bonchev–Trinajstić information content (AvgIpc) is 2.42. The third kappa shape index (κ3) is 4.74. The van der Waals surface area contributed by atoms with Crippen LogP contribution in [0.25, 0.3) is 0 Å². The molecule has 0 aromatic heterocycles. The second kappa shape index (κ2) is 6.93. The van der Waals surface area contributed by atoms with Crippen LogP contribution in [0.2, 0.25) is 0 Å². The Bertz CT molecular complexity index is 486. The summed E-state index contributed by atoms with van der Waals surface area (Å²) in [6, 6.07) is 4.10. The van der Waals surface area contributed by atoms with Crippen LogP contribution in [0, 0.1) is 5.92 Å². The topological polar surface area (TPSA) is 38.3 Å². The first kappa shape index (κ1) is 17.5. The van der Waals surface area contributed by atoms with Gasteiger partial charge in [0, 0.05) is 6.04 Å². The molecule has 118 valence electrons. The molecule has 0 aliphatic heterocycles. The van der Waals surface area contributed by atoms with Crippen molar-refractivity contribution in [3.63, 3.8) is 0 Å². The maximum Gasteiger partial charge on any atom is 0.416 e. The number of carbonyl (C=O) groups is 1. The minimum atomic E-state index is -4.38. The minimum absolute atomic E-state index is 0.0364. The van der Waals surface area contributed by atoms with Crippen LogP contribution < -0.4 is 5.32 Å². The van der Waals surface area contributed by atoms with Gasteiger partial charge in [0.1, 0.15) is 6.04 Å². The van der Waals surface area contributed by atoms with Crippen molar-refractivity contribution in [2.45, 2.75) is 39.0 Å². The summed E-state index contributed by atoms with van der Waals surface area (Å²) in [4.78, 5) is 11.7. The highest BCUT2D eigenvalue weighted by atomic mass is 19.4. The van der Waals surface area contributed by atoms with Crippen molar-refractivity contribution < 1.29 is 22.7 Å². The number of alkyl halides is 3. The summed E-state index contributed by atoms with van der Waals surface area (Å²) in [7, 11) is 1.29. The molecule has 1 aromatic carbocycles. The van der Waals surface area contributed by atoms with E-state index in [-0.39, 0.29) is 5.92 Å². The molecule has 0 aliphatic rings. The maximum atomic E-state index is 12.7. The lowest BCUT2D eigenvalue weighted by molar-refractivity contribution is -0.144. The van der Waals surface area contributed by atoms with Crippen LogP contribution in [0.5, 0.6) is 0 Å². The fourth-order valence-electron chi connectivity index (χ4n) is 2.01. The highest BCUT2D eigenvalue weighted by Gasteiger charge is 2.31. The molecule has 6 heteroatoms. The average molecular weight is 303 g/mol. The van der Waals surface area contributed by atoms with Gasteiger partial charge in [-0.05, 0) is 30.5 Å². The smallest absolute Gasteiger partial charge is 0.416 e. The predicted molar refractivity (Wildman–Crippen MR) is 73.6 cm³/mol. The van der Waals surface area contributed by atoms with Crippen LogP contribution in [-0.4, -0.2) is 19.1 Å². The summed E-state index contributed by atoms with van der Waals surface area (Å²) in [5.74, 6) is -0.463. The molecule has 0 heterocycles. The zero-order chi connectivity index (χ0) is 16.2. The number of hydrogen-bond donors (Lipinski definition) is 1. The van der Waals surface area contributed by atoms with Gasteiger partial charge in [-0.15, -0.1) is 0 Å². The van der Waals surface area contributed by atoms with Gasteiger partial charge in [-0.3, -0.25) is 10.1 Å². The van der Waals surface area contributed by atoms with Crippen molar-refractivity contribution in [1.82, 2.24) is 5.32 Å². The highest BCUT2D eigenvalue weighted by molar-refractivity contribution is 5.76. The molecule has 21 heavy (non-hydrogen) atoms. The molecular formula is C15H20F3NO2. The summed E-state index contributed by atoms with van der Waals surface area (Å²) >= 11 is 0. The molecule has 1 N–H and O–H groups in total. The van der Waals surface area contributed by atoms with E-state index in [1.165, 1.54) is 13.2 Å². The van der Waals surface area contributed by atoms with Crippen LogP contribution >= 0.6 is 0 Å². The van der Waals surface area contributed by atoms with E-state index >= 15 is 0 Å². The normalized spacial score (nSPS) is 14.9. The monoisotopic (exact) mass is 303 g/mol. The van der Waals surface area contributed by atoms with E-state index in [2.05, 4.69) is 5.32 Å². The molecule has 0 spiro atoms. The standard InChI is InChI=1S/C15H20F3NO2/c1-9(2)13(14(20)21-4)19-10(3)11-6-5-7-12(8-11)15(16,17)18/h5-10,13,19H,1-4H3/t10?,13-/m0/s1. The molecule has 0 saturated heterocycles. The summed E-state index contributed by atoms with van der Waals surface area (Å²) in [6.45, 7) is 5.40. The number of methoxy groups -OCH3 is 1. The first-order valence-corrected chi connectivity index (χ1v) is 6.67. The molecule has 0 bridgehead atoms. The van der Waals surface area contributed by atoms with Crippen molar-refractivity contribution in [2.75, 3.05) is 7.11 Å². The van der Waals surface area contributed by atoms with Crippen molar-refractivity contribution in [2.24, 2.45) is 5.92 Å². The number of ether oxygens (including phenoxy) is 1. The first-order valence-electron chi connectivity index (χ1n) is 6.67. The zero-order valence-corrected chi connectivity index (χ0v) is 12.5. The summed E-state index contributed by atoms with van der Waals surface area (Å²) < 4.78 is 42.8. The number of esters is 1. The number of hydrogen-bond acceptors (Lipinski definition) is 3. The number of carbonyl (C=O) groups excluding carboxylic acids is 1. The molecular weight excluding hydrogens is 283 g/mol. The van der Waals surface area contributed by atoms with E-state index in [9.17, 15) is 18.0 Å². The van der Waals surface area contributed by atoms with E-state index in [0.717, 1.165) is 12.1 Å². The minimum Gasteiger partial charge on any atom is -0.468 e. The van der Waals surface area contributed by atoms with Crippen molar-refractivity contribution in [3.05, 3.63) is 35.4 Å². The summed E-state index contributed by atoms with van der Waals surface area (Å²) in [5.41, 5.74) is -0.229. The fourth-order valence-corrected chi connectivity index (χ4v) is 2.01. The lowest BCUT2D eigenvalue weighted by Gasteiger charge is -2.25. The van der Waals surface area contributed by atoms with Crippen LogP contribution in [0.15, 0.2) is 24.3 Å². The van der Waals surface area contributed by atoms with Gasteiger partial charge in [0.05, 0.1) is 12.7 Å². The second-order valence-electron chi connectivity index (χ2n) is 5.26. The number of benzene rings is 1. The summed E-state index contributed by atoms with van der Waals surface area (Å²) in [6.07, 6.45) is -4.38. The van der Waals surface area contributed by atoms with Crippen LogP contribution in [-0.2, 0) is 15.7 Å². The number of halogens is 3. The molecule has 0 saturated carbocycles. The third-order valence-corrected chi connectivity index (χ3v) is 3.27. The molecule has 1 unspecified atom stereocenters. The van der Waals surface area contributed by atoms with E-state index in [4.69, 9.17) is 4.74 Å². The zero-order valence-electron chi connectivity index (χ0n) is 12.5. The van der Waals surface area contributed by atoms with Crippen LogP contribution in [0.4, 0.5) is 13.2 Å². The Labute approximate surface area is 122 Å². The first-order chi connectivity index (χ1) is 9.66. The highest BCUT2D eigenvalue weighted by Crippen LogP contribution is 2.30. The lowest BCUT2D eigenvalue weighted by atomic mass is 10.00. The van der Waals surface area contributed by atoms with Gasteiger partial charge in [0.2, 0.25) is 0 Å². The molecule has 3 nitrogen and oxygen atoms in total. The van der Waals surface area contributed by atoms with Crippen LogP contribution in [0.3, 0.4) is 0 Å². The Morgan fingerprint density at radius 3 is 2.33 bits per heavy atom. The van der Waals surface area contributed by atoms with E-state index in [0.29, 0.717) is 5.56 Å². The molecule has 0 fully saturated rings. The fraction of sp³-hybridized carbons (Fsp3) is 0.533. The van der Waals surface area contributed by atoms with Crippen LogP contribution in [0.1, 0.15) is 37.9 Å². The quantitative estimate of drug-likeness (QED) is 0.845. The largest absolute Gasteiger partial charge is 0.468 e. The number of nitrogens with one attached hydrogen (secondary N) is 1. The molecule has 1 rings (SSSR count). The number of rotatable bonds is 5.